The highest BCUT2D eigenvalue weighted by Gasteiger charge is 2.17. The van der Waals surface area contributed by atoms with E-state index in [4.69, 9.17) is 5.73 Å². The number of hydrogen-bond donors (Lipinski definition) is 1. The van der Waals surface area contributed by atoms with Crippen molar-refractivity contribution in [3.8, 4) is 5.82 Å². The molecular weight excluding hydrogens is 226 g/mol. The molecular formula is C13H21N5. The van der Waals surface area contributed by atoms with Gasteiger partial charge in [0.05, 0.1) is 17.1 Å². The maximum Gasteiger partial charge on any atom is 0.175 e. The Bertz CT molecular complexity index is 548. The molecule has 0 aliphatic rings. The lowest BCUT2D eigenvalue weighted by Gasteiger charge is -2.11. The van der Waals surface area contributed by atoms with Crippen molar-refractivity contribution >= 4 is 5.69 Å². The van der Waals surface area contributed by atoms with Crippen molar-refractivity contribution in [3.05, 3.63) is 23.7 Å². The van der Waals surface area contributed by atoms with E-state index in [9.17, 15) is 0 Å². The summed E-state index contributed by atoms with van der Waals surface area (Å²) in [6.45, 7) is 10.3. The molecule has 2 N–H and O–H groups in total. The van der Waals surface area contributed by atoms with E-state index in [1.54, 1.807) is 0 Å². The van der Waals surface area contributed by atoms with Crippen LogP contribution in [0, 0.1) is 6.92 Å². The van der Waals surface area contributed by atoms with Crippen LogP contribution in [0.5, 0.6) is 0 Å². The first-order valence-corrected chi connectivity index (χ1v) is 6.32. The molecule has 0 saturated carbocycles. The van der Waals surface area contributed by atoms with Gasteiger partial charge in [0.15, 0.2) is 5.82 Å². The summed E-state index contributed by atoms with van der Waals surface area (Å²) in [5, 5.41) is 9.04. The molecule has 0 amide bonds. The van der Waals surface area contributed by atoms with Crippen LogP contribution in [0.3, 0.4) is 0 Å². The van der Waals surface area contributed by atoms with Crippen molar-refractivity contribution in [2.24, 2.45) is 0 Å². The van der Waals surface area contributed by atoms with Gasteiger partial charge in [-0.3, -0.25) is 0 Å². The van der Waals surface area contributed by atoms with Crippen LogP contribution in [0.25, 0.3) is 5.82 Å². The van der Waals surface area contributed by atoms with E-state index >= 15 is 0 Å². The summed E-state index contributed by atoms with van der Waals surface area (Å²) in [5.41, 5.74) is 8.72. The standard InChI is InChI=1S/C13H21N5/c1-8(2)11-6-7-17(16-11)13-12(14)10(5)15-18(13)9(3)4/h6-9H,14H2,1-5H3. The lowest BCUT2D eigenvalue weighted by Crippen LogP contribution is -2.11. The topological polar surface area (TPSA) is 61.7 Å². The van der Waals surface area contributed by atoms with Gasteiger partial charge in [0.2, 0.25) is 0 Å². The van der Waals surface area contributed by atoms with Gasteiger partial charge in [-0.15, -0.1) is 0 Å². The molecule has 2 aromatic heterocycles. The van der Waals surface area contributed by atoms with Crippen LogP contribution in [0.1, 0.15) is 51.0 Å². The summed E-state index contributed by atoms with van der Waals surface area (Å²) in [5.74, 6) is 1.26. The highest BCUT2D eigenvalue weighted by atomic mass is 15.4. The van der Waals surface area contributed by atoms with Crippen LogP contribution in [-0.4, -0.2) is 19.6 Å². The van der Waals surface area contributed by atoms with Gasteiger partial charge in [0, 0.05) is 12.2 Å². The molecule has 0 aliphatic carbocycles. The van der Waals surface area contributed by atoms with Gasteiger partial charge < -0.3 is 5.73 Å². The molecule has 2 rings (SSSR count). The minimum atomic E-state index is 0.252. The summed E-state index contributed by atoms with van der Waals surface area (Å²) in [7, 11) is 0. The summed E-state index contributed by atoms with van der Waals surface area (Å²) < 4.78 is 3.74. The Labute approximate surface area is 108 Å². The van der Waals surface area contributed by atoms with Crippen LogP contribution >= 0.6 is 0 Å². The van der Waals surface area contributed by atoms with E-state index in [0.29, 0.717) is 11.6 Å². The Morgan fingerprint density at radius 3 is 2.33 bits per heavy atom. The van der Waals surface area contributed by atoms with Gasteiger partial charge in [-0.25, -0.2) is 9.36 Å². The summed E-state index contributed by atoms with van der Waals surface area (Å²) in [6, 6.07) is 2.28. The fourth-order valence-corrected chi connectivity index (χ4v) is 1.90. The van der Waals surface area contributed by atoms with Crippen molar-refractivity contribution in [2.75, 3.05) is 5.73 Å². The number of nitrogens with zero attached hydrogens (tertiary/aromatic N) is 4. The third-order valence-corrected chi connectivity index (χ3v) is 3.01. The smallest absolute Gasteiger partial charge is 0.175 e. The van der Waals surface area contributed by atoms with Gasteiger partial charge in [0.25, 0.3) is 0 Å². The quantitative estimate of drug-likeness (QED) is 0.907. The molecule has 0 unspecified atom stereocenters. The zero-order valence-electron chi connectivity index (χ0n) is 11.7. The number of aromatic nitrogens is 4. The zero-order chi connectivity index (χ0) is 13.4. The molecule has 98 valence electrons. The monoisotopic (exact) mass is 247 g/mol. The molecule has 0 saturated heterocycles. The van der Waals surface area contributed by atoms with Crippen LogP contribution in [-0.2, 0) is 0 Å². The molecule has 0 atom stereocenters. The minimum Gasteiger partial charge on any atom is -0.394 e. The van der Waals surface area contributed by atoms with Crippen LogP contribution in [0.4, 0.5) is 5.69 Å². The Morgan fingerprint density at radius 2 is 1.83 bits per heavy atom. The molecule has 0 spiro atoms. The van der Waals surface area contributed by atoms with E-state index in [1.807, 2.05) is 28.6 Å². The van der Waals surface area contributed by atoms with Crippen molar-refractivity contribution in [2.45, 2.75) is 46.6 Å². The largest absolute Gasteiger partial charge is 0.394 e. The Balaban J connectivity index is 2.55. The Hall–Kier alpha value is -1.78. The SMILES string of the molecule is Cc1nn(C(C)C)c(-n2ccc(C(C)C)n2)c1N. The third-order valence-electron chi connectivity index (χ3n) is 3.01. The van der Waals surface area contributed by atoms with Crippen molar-refractivity contribution in [1.82, 2.24) is 19.6 Å². The first-order chi connectivity index (χ1) is 8.41. The van der Waals surface area contributed by atoms with Gasteiger partial charge in [-0.2, -0.15) is 10.2 Å². The summed E-state index contributed by atoms with van der Waals surface area (Å²) >= 11 is 0. The first-order valence-electron chi connectivity index (χ1n) is 6.32. The van der Waals surface area contributed by atoms with Gasteiger partial charge in [0.1, 0.15) is 0 Å². The highest BCUT2D eigenvalue weighted by molar-refractivity contribution is 5.57. The van der Waals surface area contributed by atoms with Crippen molar-refractivity contribution < 1.29 is 0 Å². The second-order valence-corrected chi connectivity index (χ2v) is 5.20. The molecule has 0 aliphatic heterocycles. The molecule has 2 heterocycles. The van der Waals surface area contributed by atoms with Crippen LogP contribution in [0.15, 0.2) is 12.3 Å². The Morgan fingerprint density at radius 1 is 1.17 bits per heavy atom. The van der Waals surface area contributed by atoms with Crippen LogP contribution in [0.2, 0.25) is 0 Å². The maximum atomic E-state index is 6.11. The Kier molecular flexibility index (Phi) is 3.15. The number of rotatable bonds is 3. The molecule has 0 radical (unpaired) electrons. The molecule has 5 nitrogen and oxygen atoms in total. The predicted octanol–water partition coefficient (Wildman–Crippen LogP) is 2.66. The number of hydrogen-bond acceptors (Lipinski definition) is 3. The maximum absolute atomic E-state index is 6.11. The third kappa shape index (κ3) is 2.00. The van der Waals surface area contributed by atoms with E-state index in [2.05, 4.69) is 37.9 Å². The second kappa shape index (κ2) is 4.48. The molecule has 2 aromatic rings. The van der Waals surface area contributed by atoms with Crippen molar-refractivity contribution in [1.29, 1.82) is 0 Å². The second-order valence-electron chi connectivity index (χ2n) is 5.20. The number of nitrogen functional groups attached to an aromatic ring is 1. The minimum absolute atomic E-state index is 0.252. The molecule has 0 bridgehead atoms. The fourth-order valence-electron chi connectivity index (χ4n) is 1.90. The van der Waals surface area contributed by atoms with E-state index in [-0.39, 0.29) is 6.04 Å². The first kappa shape index (κ1) is 12.7. The summed E-state index contributed by atoms with van der Waals surface area (Å²) in [6.07, 6.45) is 1.95. The average Bonchev–Trinajstić information content (AvgIpc) is 2.85. The van der Waals surface area contributed by atoms with Gasteiger partial charge in [-0.05, 0) is 32.8 Å². The number of anilines is 1. The average molecular weight is 247 g/mol. The van der Waals surface area contributed by atoms with Gasteiger partial charge >= 0.3 is 0 Å². The molecule has 5 heteroatoms. The van der Waals surface area contributed by atoms with E-state index < -0.39 is 0 Å². The molecule has 0 fully saturated rings. The van der Waals surface area contributed by atoms with Crippen molar-refractivity contribution in [3.63, 3.8) is 0 Å². The highest BCUT2D eigenvalue weighted by Crippen LogP contribution is 2.24. The van der Waals surface area contributed by atoms with E-state index in [1.165, 1.54) is 0 Å². The van der Waals surface area contributed by atoms with Crippen LogP contribution < -0.4 is 5.73 Å². The lowest BCUT2D eigenvalue weighted by molar-refractivity contribution is 0.511. The normalized spacial score (nSPS) is 11.7. The lowest BCUT2D eigenvalue weighted by atomic mass is 10.1. The van der Waals surface area contributed by atoms with E-state index in [0.717, 1.165) is 17.2 Å². The number of nitrogens with two attached hydrogens (primary N) is 1. The molecule has 0 aromatic carbocycles. The predicted molar refractivity (Wildman–Crippen MR) is 73.0 cm³/mol. The summed E-state index contributed by atoms with van der Waals surface area (Å²) in [4.78, 5) is 0. The van der Waals surface area contributed by atoms with Gasteiger partial charge in [-0.1, -0.05) is 13.8 Å². The zero-order valence-corrected chi connectivity index (χ0v) is 11.7. The number of aryl methyl sites for hydroxylation is 1. The fraction of sp³-hybridized carbons (Fsp3) is 0.538. The molecule has 18 heavy (non-hydrogen) atoms.